The molecule has 0 aromatic heterocycles. The van der Waals surface area contributed by atoms with Crippen molar-refractivity contribution in [1.82, 2.24) is 0 Å². The van der Waals surface area contributed by atoms with Crippen LogP contribution in [-0.2, 0) is 4.74 Å². The molecule has 0 aliphatic carbocycles. The average Bonchev–Trinajstić information content (AvgIpc) is 2.11. The van der Waals surface area contributed by atoms with E-state index in [0.717, 1.165) is 18.4 Å². The first kappa shape index (κ1) is 10.3. The molecule has 13 heavy (non-hydrogen) atoms. The Hall–Kier alpha value is -0.820. The predicted octanol–water partition coefficient (Wildman–Crippen LogP) is 3.24. The monoisotopic (exact) mass is 178 g/mol. The highest BCUT2D eigenvalue weighted by molar-refractivity contribution is 5.33. The smallest absolute Gasteiger partial charge is 0.0717 e. The van der Waals surface area contributed by atoms with Crippen LogP contribution in [0.5, 0.6) is 0 Å². The first-order valence-electron chi connectivity index (χ1n) is 4.89. The van der Waals surface area contributed by atoms with Crippen LogP contribution in [0.25, 0.3) is 0 Å². The molecule has 0 amide bonds. The van der Waals surface area contributed by atoms with Crippen LogP contribution < -0.4 is 0 Å². The number of hydrogen-bond acceptors (Lipinski definition) is 1. The molecule has 72 valence electrons. The fourth-order valence-corrected chi connectivity index (χ4v) is 1.35. The molecule has 0 bridgehead atoms. The zero-order valence-corrected chi connectivity index (χ0v) is 8.55. The lowest BCUT2D eigenvalue weighted by atomic mass is 9.99. The van der Waals surface area contributed by atoms with Crippen molar-refractivity contribution in [2.24, 2.45) is 0 Å². The van der Waals surface area contributed by atoms with Gasteiger partial charge in [0.15, 0.2) is 0 Å². The SMILES string of the molecule is C=C1CO[C@@H](C)C/C1=C/C=C\CC. The first-order valence-corrected chi connectivity index (χ1v) is 4.89. The summed E-state index contributed by atoms with van der Waals surface area (Å²) in [6.07, 6.45) is 8.84. The van der Waals surface area contributed by atoms with Crippen molar-refractivity contribution in [3.63, 3.8) is 0 Å². The molecule has 0 N–H and O–H groups in total. The number of hydrogen-bond donors (Lipinski definition) is 0. The maximum atomic E-state index is 5.46. The van der Waals surface area contributed by atoms with E-state index in [2.05, 4.69) is 38.7 Å². The van der Waals surface area contributed by atoms with E-state index in [9.17, 15) is 0 Å². The largest absolute Gasteiger partial charge is 0.373 e. The van der Waals surface area contributed by atoms with Gasteiger partial charge in [0.25, 0.3) is 0 Å². The highest BCUT2D eigenvalue weighted by Crippen LogP contribution is 2.22. The van der Waals surface area contributed by atoms with E-state index in [4.69, 9.17) is 4.74 Å². The Balaban J connectivity index is 2.60. The summed E-state index contributed by atoms with van der Waals surface area (Å²) in [6.45, 7) is 8.91. The molecule has 1 fully saturated rings. The van der Waals surface area contributed by atoms with Gasteiger partial charge < -0.3 is 4.74 Å². The van der Waals surface area contributed by atoms with Gasteiger partial charge in [-0.2, -0.15) is 0 Å². The third-order valence-corrected chi connectivity index (χ3v) is 2.17. The van der Waals surface area contributed by atoms with E-state index in [1.165, 1.54) is 5.57 Å². The summed E-state index contributed by atoms with van der Waals surface area (Å²) >= 11 is 0. The van der Waals surface area contributed by atoms with Gasteiger partial charge in [0, 0.05) is 0 Å². The van der Waals surface area contributed by atoms with Gasteiger partial charge in [-0.15, -0.1) is 0 Å². The molecule has 1 aliphatic heterocycles. The zero-order chi connectivity index (χ0) is 9.68. The van der Waals surface area contributed by atoms with Crippen LogP contribution in [0.4, 0.5) is 0 Å². The van der Waals surface area contributed by atoms with Crippen molar-refractivity contribution in [3.8, 4) is 0 Å². The minimum absolute atomic E-state index is 0.340. The number of rotatable bonds is 2. The molecule has 1 heterocycles. The number of ether oxygens (including phenoxy) is 1. The molecule has 1 atom stereocenters. The standard InChI is InChI=1S/C12H18O/c1-4-5-6-7-12-8-11(3)13-9-10(12)2/h5-7,11H,2,4,8-9H2,1,3H3/b6-5-,12-7-/t11-/m0/s1. The molecular formula is C12H18O. The molecule has 0 radical (unpaired) electrons. The lowest BCUT2D eigenvalue weighted by Gasteiger charge is -2.23. The Morgan fingerprint density at radius 2 is 2.38 bits per heavy atom. The summed E-state index contributed by atoms with van der Waals surface area (Å²) in [5.74, 6) is 0. The average molecular weight is 178 g/mol. The van der Waals surface area contributed by atoms with Gasteiger partial charge in [0.05, 0.1) is 12.7 Å². The summed E-state index contributed by atoms with van der Waals surface area (Å²) in [4.78, 5) is 0. The van der Waals surface area contributed by atoms with Gasteiger partial charge in [-0.1, -0.05) is 31.7 Å². The molecule has 0 spiro atoms. The molecule has 0 saturated carbocycles. The quantitative estimate of drug-likeness (QED) is 0.630. The van der Waals surface area contributed by atoms with Gasteiger partial charge >= 0.3 is 0 Å². The molecule has 1 aliphatic rings. The van der Waals surface area contributed by atoms with E-state index >= 15 is 0 Å². The van der Waals surface area contributed by atoms with Crippen molar-refractivity contribution in [1.29, 1.82) is 0 Å². The Labute approximate surface area is 80.8 Å². The van der Waals surface area contributed by atoms with Crippen LogP contribution in [0.2, 0.25) is 0 Å². The van der Waals surface area contributed by atoms with Crippen molar-refractivity contribution in [3.05, 3.63) is 36.0 Å². The van der Waals surface area contributed by atoms with Gasteiger partial charge in [-0.05, 0) is 30.9 Å². The van der Waals surface area contributed by atoms with Crippen LogP contribution in [0.15, 0.2) is 36.0 Å². The maximum absolute atomic E-state index is 5.46. The van der Waals surface area contributed by atoms with Gasteiger partial charge in [-0.3, -0.25) is 0 Å². The van der Waals surface area contributed by atoms with Crippen LogP contribution in [0, 0.1) is 0 Å². The number of allylic oxidation sites excluding steroid dienone is 3. The normalized spacial score (nSPS) is 27.4. The molecule has 1 rings (SSSR count). The maximum Gasteiger partial charge on any atom is 0.0717 e. The van der Waals surface area contributed by atoms with Crippen LogP contribution in [0.1, 0.15) is 26.7 Å². The van der Waals surface area contributed by atoms with Gasteiger partial charge in [0.2, 0.25) is 0 Å². The molecular weight excluding hydrogens is 160 g/mol. The molecule has 0 unspecified atom stereocenters. The summed E-state index contributed by atoms with van der Waals surface area (Å²) in [6, 6.07) is 0. The predicted molar refractivity (Wildman–Crippen MR) is 56.7 cm³/mol. The van der Waals surface area contributed by atoms with Crippen LogP contribution in [-0.4, -0.2) is 12.7 Å². The second kappa shape index (κ2) is 5.03. The molecule has 0 aromatic rings. The fraction of sp³-hybridized carbons (Fsp3) is 0.500. The zero-order valence-electron chi connectivity index (χ0n) is 8.55. The lowest BCUT2D eigenvalue weighted by molar-refractivity contribution is 0.0712. The summed E-state index contributed by atoms with van der Waals surface area (Å²) in [5, 5.41) is 0. The van der Waals surface area contributed by atoms with E-state index in [0.29, 0.717) is 12.7 Å². The van der Waals surface area contributed by atoms with Crippen molar-refractivity contribution in [2.45, 2.75) is 32.8 Å². The molecule has 1 saturated heterocycles. The van der Waals surface area contributed by atoms with E-state index < -0.39 is 0 Å². The second-order valence-corrected chi connectivity index (χ2v) is 3.46. The summed E-state index contributed by atoms with van der Waals surface area (Å²) in [5.41, 5.74) is 2.46. The first-order chi connectivity index (χ1) is 6.24. The third-order valence-electron chi connectivity index (χ3n) is 2.17. The Morgan fingerprint density at radius 1 is 1.62 bits per heavy atom. The third kappa shape index (κ3) is 3.19. The topological polar surface area (TPSA) is 9.23 Å². The highest BCUT2D eigenvalue weighted by atomic mass is 16.5. The van der Waals surface area contributed by atoms with Crippen LogP contribution in [0.3, 0.4) is 0 Å². The minimum Gasteiger partial charge on any atom is -0.373 e. The van der Waals surface area contributed by atoms with E-state index in [1.54, 1.807) is 0 Å². The molecule has 1 heteroatoms. The summed E-state index contributed by atoms with van der Waals surface area (Å²) in [7, 11) is 0. The highest BCUT2D eigenvalue weighted by Gasteiger charge is 2.15. The Bertz CT molecular complexity index is 236. The lowest BCUT2D eigenvalue weighted by Crippen LogP contribution is -2.18. The second-order valence-electron chi connectivity index (χ2n) is 3.46. The molecule has 0 aromatic carbocycles. The Morgan fingerprint density at radius 3 is 3.08 bits per heavy atom. The van der Waals surface area contributed by atoms with Crippen molar-refractivity contribution in [2.75, 3.05) is 6.61 Å². The van der Waals surface area contributed by atoms with Gasteiger partial charge in [-0.25, -0.2) is 0 Å². The van der Waals surface area contributed by atoms with E-state index in [1.807, 2.05) is 0 Å². The van der Waals surface area contributed by atoms with Crippen molar-refractivity contribution < 1.29 is 4.74 Å². The fourth-order valence-electron chi connectivity index (χ4n) is 1.35. The van der Waals surface area contributed by atoms with Crippen molar-refractivity contribution >= 4 is 0 Å². The summed E-state index contributed by atoms with van der Waals surface area (Å²) < 4.78 is 5.46. The minimum atomic E-state index is 0.340. The van der Waals surface area contributed by atoms with Crippen LogP contribution >= 0.6 is 0 Å². The van der Waals surface area contributed by atoms with Gasteiger partial charge in [0.1, 0.15) is 0 Å². The van der Waals surface area contributed by atoms with E-state index in [-0.39, 0.29) is 0 Å². The molecule has 1 nitrogen and oxygen atoms in total. The Kier molecular flexibility index (Phi) is 3.97.